The van der Waals surface area contributed by atoms with Crippen molar-refractivity contribution in [1.29, 1.82) is 5.26 Å². The SMILES string of the molecule is COc1cc2[nH]nc(-c3ccc(C4(C#N)CCN(C(=O)C5COCCN5C)CC4)nc3)c2nc1-c1cccc2c1CCC2. The van der Waals surface area contributed by atoms with Crippen molar-refractivity contribution >= 4 is 16.9 Å². The lowest BCUT2D eigenvalue weighted by Crippen LogP contribution is -2.55. The van der Waals surface area contributed by atoms with Crippen LogP contribution in [0.2, 0.25) is 0 Å². The van der Waals surface area contributed by atoms with Crippen LogP contribution in [0.25, 0.3) is 33.5 Å². The molecule has 1 N–H and O–H groups in total. The number of benzene rings is 1. The molecule has 0 radical (unpaired) electrons. The molecular formula is C33H35N7O3. The normalized spacial score (nSPS) is 20.1. The fraction of sp³-hybridized carbons (Fsp3) is 0.424. The third-order valence-electron chi connectivity index (χ3n) is 9.47. The van der Waals surface area contributed by atoms with E-state index in [1.807, 2.05) is 30.1 Å². The van der Waals surface area contributed by atoms with Crippen LogP contribution < -0.4 is 4.74 Å². The molecule has 4 aromatic rings. The summed E-state index contributed by atoms with van der Waals surface area (Å²) >= 11 is 0. The molecule has 2 fully saturated rings. The van der Waals surface area contributed by atoms with E-state index in [0.29, 0.717) is 50.6 Å². The Morgan fingerprint density at radius 3 is 2.77 bits per heavy atom. The molecule has 220 valence electrons. The number of morpholine rings is 1. The second kappa shape index (κ2) is 11.1. The highest BCUT2D eigenvalue weighted by molar-refractivity contribution is 5.93. The summed E-state index contributed by atoms with van der Waals surface area (Å²) in [5.74, 6) is 0.784. The van der Waals surface area contributed by atoms with E-state index in [1.54, 1.807) is 13.3 Å². The third-order valence-corrected chi connectivity index (χ3v) is 9.47. The second-order valence-corrected chi connectivity index (χ2v) is 11.8. The first-order chi connectivity index (χ1) is 21.0. The Balaban J connectivity index is 1.15. The van der Waals surface area contributed by atoms with E-state index >= 15 is 0 Å². The number of carbonyl (C=O) groups excluding carboxylic acids is 1. The van der Waals surface area contributed by atoms with E-state index in [0.717, 1.165) is 59.4 Å². The Morgan fingerprint density at radius 1 is 1.16 bits per heavy atom. The standard InChI is InChI=1S/C33H35N7O3/c1-39-15-16-43-19-26(39)32(41)40-13-11-33(20-34,12-14-40)28-10-9-22(18-35-28)29-31-25(37-38-29)17-27(42-2)30(36-31)24-8-4-6-21-5-3-7-23(21)24/h4,6,8-10,17-18,26H,3,5,7,11-16,19H2,1-2H3,(H,37,38). The Morgan fingerprint density at radius 2 is 2.02 bits per heavy atom. The van der Waals surface area contributed by atoms with Crippen molar-refractivity contribution < 1.29 is 14.3 Å². The van der Waals surface area contributed by atoms with Crippen molar-refractivity contribution in [3.05, 3.63) is 59.4 Å². The van der Waals surface area contributed by atoms with Crippen molar-refractivity contribution in [2.45, 2.75) is 43.6 Å². The van der Waals surface area contributed by atoms with Crippen LogP contribution in [0, 0.1) is 11.3 Å². The number of nitriles is 1. The summed E-state index contributed by atoms with van der Waals surface area (Å²) in [6.07, 6.45) is 6.14. The quantitative estimate of drug-likeness (QED) is 0.379. The van der Waals surface area contributed by atoms with E-state index < -0.39 is 5.41 Å². The minimum Gasteiger partial charge on any atom is -0.494 e. The number of likely N-dealkylation sites (tertiary alicyclic amines) is 1. The monoisotopic (exact) mass is 577 g/mol. The first-order valence-corrected chi connectivity index (χ1v) is 15.0. The van der Waals surface area contributed by atoms with Crippen LogP contribution in [0.1, 0.15) is 36.1 Å². The topological polar surface area (TPSA) is 120 Å². The van der Waals surface area contributed by atoms with Crippen LogP contribution in [0.5, 0.6) is 5.75 Å². The molecule has 5 heterocycles. The second-order valence-electron chi connectivity index (χ2n) is 11.8. The molecule has 7 rings (SSSR count). The highest BCUT2D eigenvalue weighted by Crippen LogP contribution is 2.39. The number of carbonyl (C=O) groups is 1. The summed E-state index contributed by atoms with van der Waals surface area (Å²) < 4.78 is 11.3. The van der Waals surface area contributed by atoms with Gasteiger partial charge in [0.2, 0.25) is 5.91 Å². The van der Waals surface area contributed by atoms with Gasteiger partial charge in [0.05, 0.1) is 37.6 Å². The van der Waals surface area contributed by atoms with Crippen molar-refractivity contribution in [3.63, 3.8) is 0 Å². The van der Waals surface area contributed by atoms with Gasteiger partial charge in [-0.3, -0.25) is 19.8 Å². The predicted octanol–water partition coefficient (Wildman–Crippen LogP) is 3.90. The molecule has 10 heteroatoms. The number of likely N-dealkylation sites (N-methyl/N-ethyl adjacent to an activating group) is 1. The summed E-state index contributed by atoms with van der Waals surface area (Å²) in [5.41, 5.74) is 7.68. The van der Waals surface area contributed by atoms with Crippen molar-refractivity contribution in [2.75, 3.05) is 47.0 Å². The van der Waals surface area contributed by atoms with Gasteiger partial charge in [-0.05, 0) is 62.4 Å². The molecule has 3 aromatic heterocycles. The summed E-state index contributed by atoms with van der Waals surface area (Å²) in [6.45, 7) is 2.83. The predicted molar refractivity (Wildman–Crippen MR) is 161 cm³/mol. The van der Waals surface area contributed by atoms with Crippen LogP contribution >= 0.6 is 0 Å². The average molecular weight is 578 g/mol. The molecule has 1 amide bonds. The Hall–Kier alpha value is -4.33. The summed E-state index contributed by atoms with van der Waals surface area (Å²) in [6, 6.07) is 14.5. The average Bonchev–Trinajstić information content (AvgIpc) is 3.71. The fourth-order valence-corrected chi connectivity index (χ4v) is 6.83. The fourth-order valence-electron chi connectivity index (χ4n) is 6.83. The highest BCUT2D eigenvalue weighted by atomic mass is 16.5. The van der Waals surface area contributed by atoms with E-state index in [4.69, 9.17) is 19.4 Å². The smallest absolute Gasteiger partial charge is 0.242 e. The lowest BCUT2D eigenvalue weighted by molar-refractivity contribution is -0.143. The number of hydrogen-bond donors (Lipinski definition) is 1. The highest BCUT2D eigenvalue weighted by Gasteiger charge is 2.41. The van der Waals surface area contributed by atoms with Gasteiger partial charge in [-0.2, -0.15) is 10.4 Å². The van der Waals surface area contributed by atoms with Gasteiger partial charge >= 0.3 is 0 Å². The van der Waals surface area contributed by atoms with Gasteiger partial charge in [-0.15, -0.1) is 0 Å². The molecule has 43 heavy (non-hydrogen) atoms. The molecule has 1 aromatic carbocycles. The molecule has 0 saturated carbocycles. The largest absolute Gasteiger partial charge is 0.494 e. The first kappa shape index (κ1) is 27.5. The molecular weight excluding hydrogens is 542 g/mol. The van der Waals surface area contributed by atoms with Gasteiger partial charge < -0.3 is 14.4 Å². The van der Waals surface area contributed by atoms with Crippen LogP contribution in [0.15, 0.2) is 42.6 Å². The molecule has 1 atom stereocenters. The lowest BCUT2D eigenvalue weighted by atomic mass is 9.76. The Labute approximate surface area is 250 Å². The van der Waals surface area contributed by atoms with Crippen LogP contribution in [0.4, 0.5) is 0 Å². The lowest BCUT2D eigenvalue weighted by Gasteiger charge is -2.40. The van der Waals surface area contributed by atoms with Crippen molar-refractivity contribution in [2.24, 2.45) is 0 Å². The number of nitrogens with zero attached hydrogens (tertiary/aromatic N) is 6. The van der Waals surface area contributed by atoms with Gasteiger partial charge in [-0.25, -0.2) is 4.98 Å². The number of hydrogen-bond acceptors (Lipinski definition) is 8. The van der Waals surface area contributed by atoms with Gasteiger partial charge in [-0.1, -0.05) is 18.2 Å². The van der Waals surface area contributed by atoms with E-state index in [-0.39, 0.29) is 11.9 Å². The van der Waals surface area contributed by atoms with Crippen LogP contribution in [-0.2, 0) is 27.8 Å². The molecule has 0 bridgehead atoms. The number of amides is 1. The maximum atomic E-state index is 13.2. The number of nitrogens with one attached hydrogen (secondary N) is 1. The number of methoxy groups -OCH3 is 1. The number of aromatic amines is 1. The zero-order valence-corrected chi connectivity index (χ0v) is 24.6. The van der Waals surface area contributed by atoms with Gasteiger partial charge in [0, 0.05) is 43.0 Å². The summed E-state index contributed by atoms with van der Waals surface area (Å²) in [5, 5.41) is 18.0. The third kappa shape index (κ3) is 4.73. The van der Waals surface area contributed by atoms with E-state index in [9.17, 15) is 10.1 Å². The minimum atomic E-state index is -0.746. The van der Waals surface area contributed by atoms with E-state index in [2.05, 4.69) is 39.4 Å². The Kier molecular flexibility index (Phi) is 7.07. The number of H-pyrrole nitrogens is 1. The zero-order chi connectivity index (χ0) is 29.6. The maximum absolute atomic E-state index is 13.2. The Bertz CT molecular complexity index is 1720. The number of aromatic nitrogens is 4. The van der Waals surface area contributed by atoms with Crippen LogP contribution in [-0.4, -0.2) is 88.9 Å². The molecule has 1 aliphatic carbocycles. The van der Waals surface area contributed by atoms with E-state index in [1.165, 1.54) is 11.1 Å². The maximum Gasteiger partial charge on any atom is 0.242 e. The molecule has 10 nitrogen and oxygen atoms in total. The summed E-state index contributed by atoms with van der Waals surface area (Å²) in [4.78, 5) is 27.0. The first-order valence-electron chi connectivity index (χ1n) is 15.0. The van der Waals surface area contributed by atoms with Gasteiger partial charge in [0.1, 0.15) is 34.1 Å². The molecule has 0 spiro atoms. The van der Waals surface area contributed by atoms with Gasteiger partial charge in [0.15, 0.2) is 0 Å². The summed E-state index contributed by atoms with van der Waals surface area (Å²) in [7, 11) is 3.63. The molecule has 2 aliphatic heterocycles. The number of rotatable bonds is 5. The molecule has 1 unspecified atom stereocenters. The number of aryl methyl sites for hydroxylation is 1. The van der Waals surface area contributed by atoms with Crippen LogP contribution in [0.3, 0.4) is 0 Å². The van der Waals surface area contributed by atoms with Gasteiger partial charge in [0.25, 0.3) is 0 Å². The number of pyridine rings is 2. The molecule has 3 aliphatic rings. The minimum absolute atomic E-state index is 0.0754. The zero-order valence-electron chi connectivity index (χ0n) is 24.6. The number of ether oxygens (including phenoxy) is 2. The van der Waals surface area contributed by atoms with Crippen molar-refractivity contribution in [3.8, 4) is 34.3 Å². The molecule has 2 saturated heterocycles. The van der Waals surface area contributed by atoms with Crippen molar-refractivity contribution in [1.82, 2.24) is 30.0 Å². The number of piperidine rings is 1. The number of fused-ring (bicyclic) bond motifs is 2.